The molecule has 0 aromatic heterocycles. The van der Waals surface area contributed by atoms with Gasteiger partial charge in [0, 0.05) is 5.25 Å². The molecule has 0 saturated heterocycles. The van der Waals surface area contributed by atoms with E-state index in [-0.39, 0.29) is 5.25 Å². The van der Waals surface area contributed by atoms with Gasteiger partial charge in [-0.25, -0.2) is 0 Å². The van der Waals surface area contributed by atoms with Crippen molar-refractivity contribution in [3.8, 4) is 0 Å². The Hall–Kier alpha value is -0.220. The molecule has 2 atom stereocenters. The van der Waals surface area contributed by atoms with E-state index in [4.69, 9.17) is 5.11 Å². The molecule has 2 unspecified atom stereocenters. The summed E-state index contributed by atoms with van der Waals surface area (Å²) in [5, 5.41) is 11.9. The normalized spacial score (nSPS) is 14.4. The Morgan fingerprint density at radius 2 is 1.61 bits per heavy atom. The van der Waals surface area contributed by atoms with Gasteiger partial charge in [0.25, 0.3) is 0 Å². The second kappa shape index (κ2) is 11.8. The van der Waals surface area contributed by atoms with Crippen molar-refractivity contribution in [1.29, 1.82) is 0 Å². The van der Waals surface area contributed by atoms with E-state index in [1.54, 1.807) is 0 Å². The number of thiol groups is 1. The highest BCUT2D eigenvalue weighted by Crippen LogP contribution is 2.08. The van der Waals surface area contributed by atoms with Crippen molar-refractivity contribution >= 4 is 18.6 Å². The number of carboxylic acid groups (broad SMARTS) is 1. The van der Waals surface area contributed by atoms with Crippen molar-refractivity contribution in [2.45, 2.75) is 76.5 Å². The molecule has 0 aromatic carbocycles. The lowest BCUT2D eigenvalue weighted by molar-refractivity contribution is -0.139. The highest BCUT2D eigenvalue weighted by atomic mass is 32.1. The maximum Gasteiger partial charge on any atom is 0.321 e. The van der Waals surface area contributed by atoms with Gasteiger partial charge in [-0.1, -0.05) is 58.8 Å². The average molecular weight is 275 g/mol. The van der Waals surface area contributed by atoms with Crippen LogP contribution in [-0.2, 0) is 4.79 Å². The van der Waals surface area contributed by atoms with Crippen LogP contribution in [0.5, 0.6) is 0 Å². The fourth-order valence-corrected chi connectivity index (χ4v) is 2.21. The minimum atomic E-state index is -0.808. The topological polar surface area (TPSA) is 49.3 Å². The van der Waals surface area contributed by atoms with E-state index in [0.717, 1.165) is 13.0 Å². The number of hydrogen-bond acceptors (Lipinski definition) is 3. The summed E-state index contributed by atoms with van der Waals surface area (Å²) in [7, 11) is 0. The first-order valence-corrected chi connectivity index (χ1v) is 7.75. The van der Waals surface area contributed by atoms with E-state index in [2.05, 4.69) is 24.9 Å². The molecule has 0 heterocycles. The number of hydrogen-bond donors (Lipinski definition) is 3. The Labute approximate surface area is 117 Å². The van der Waals surface area contributed by atoms with Gasteiger partial charge in [0.15, 0.2) is 0 Å². The summed E-state index contributed by atoms with van der Waals surface area (Å²) >= 11 is 4.18. The van der Waals surface area contributed by atoms with Crippen LogP contribution in [0.4, 0.5) is 0 Å². The maximum atomic E-state index is 10.9. The zero-order valence-electron chi connectivity index (χ0n) is 11.8. The molecular formula is C14H29NO2S. The zero-order valence-corrected chi connectivity index (χ0v) is 12.7. The Balaban J connectivity index is 3.36. The van der Waals surface area contributed by atoms with Crippen molar-refractivity contribution < 1.29 is 9.90 Å². The molecule has 0 bridgehead atoms. The molecular weight excluding hydrogens is 246 g/mol. The minimum absolute atomic E-state index is 0.156. The second-order valence-electron chi connectivity index (χ2n) is 4.99. The van der Waals surface area contributed by atoms with E-state index in [1.807, 2.05) is 6.92 Å². The fourth-order valence-electron chi connectivity index (χ4n) is 1.98. The van der Waals surface area contributed by atoms with Gasteiger partial charge < -0.3 is 10.4 Å². The van der Waals surface area contributed by atoms with Gasteiger partial charge in [0.2, 0.25) is 0 Å². The summed E-state index contributed by atoms with van der Waals surface area (Å²) in [5.41, 5.74) is 0. The highest BCUT2D eigenvalue weighted by molar-refractivity contribution is 7.81. The molecule has 4 heteroatoms. The summed E-state index contributed by atoms with van der Waals surface area (Å²) in [6, 6.07) is -0.530. The van der Waals surface area contributed by atoms with Gasteiger partial charge in [-0.05, 0) is 13.0 Å². The third-order valence-electron chi connectivity index (χ3n) is 3.14. The van der Waals surface area contributed by atoms with Gasteiger partial charge in [-0.15, -0.1) is 0 Å². The largest absolute Gasteiger partial charge is 0.480 e. The van der Waals surface area contributed by atoms with Crippen LogP contribution >= 0.6 is 12.6 Å². The Morgan fingerprint density at radius 3 is 2.06 bits per heavy atom. The number of carboxylic acids is 1. The predicted molar refractivity (Wildman–Crippen MR) is 80.5 cm³/mol. The summed E-state index contributed by atoms with van der Waals surface area (Å²) in [5.74, 6) is -0.808. The number of unbranched alkanes of at least 4 members (excludes halogenated alkanes) is 7. The summed E-state index contributed by atoms with van der Waals surface area (Å²) in [4.78, 5) is 10.9. The smallest absolute Gasteiger partial charge is 0.321 e. The van der Waals surface area contributed by atoms with E-state index in [9.17, 15) is 4.79 Å². The van der Waals surface area contributed by atoms with E-state index in [1.165, 1.54) is 44.9 Å². The molecule has 0 aliphatic carbocycles. The van der Waals surface area contributed by atoms with E-state index >= 15 is 0 Å². The van der Waals surface area contributed by atoms with Gasteiger partial charge in [0.1, 0.15) is 6.04 Å². The number of carbonyl (C=O) groups is 1. The second-order valence-corrected chi connectivity index (χ2v) is 5.80. The van der Waals surface area contributed by atoms with Crippen LogP contribution in [0, 0.1) is 0 Å². The molecule has 0 aliphatic rings. The van der Waals surface area contributed by atoms with Crippen LogP contribution in [0.1, 0.15) is 65.2 Å². The van der Waals surface area contributed by atoms with Crippen LogP contribution in [0.3, 0.4) is 0 Å². The van der Waals surface area contributed by atoms with Gasteiger partial charge in [-0.3, -0.25) is 4.79 Å². The summed E-state index contributed by atoms with van der Waals surface area (Å²) in [6.07, 6.45) is 10.2. The average Bonchev–Trinajstić information content (AvgIpc) is 2.30. The quantitative estimate of drug-likeness (QED) is 0.377. The van der Waals surface area contributed by atoms with Crippen LogP contribution in [0.15, 0.2) is 0 Å². The van der Waals surface area contributed by atoms with Gasteiger partial charge in [0.05, 0.1) is 0 Å². The lowest BCUT2D eigenvalue weighted by Crippen LogP contribution is -2.43. The molecule has 0 spiro atoms. The molecule has 2 N–H and O–H groups in total. The highest BCUT2D eigenvalue weighted by Gasteiger charge is 2.20. The van der Waals surface area contributed by atoms with Crippen LogP contribution in [0.25, 0.3) is 0 Å². The summed E-state index contributed by atoms with van der Waals surface area (Å²) < 4.78 is 0. The van der Waals surface area contributed by atoms with Crippen molar-refractivity contribution in [3.63, 3.8) is 0 Å². The SMILES string of the molecule is CCCCCCCCCCNC(C(=O)O)C(C)S. The molecule has 18 heavy (non-hydrogen) atoms. The van der Waals surface area contributed by atoms with E-state index in [0.29, 0.717) is 0 Å². The molecule has 0 aromatic rings. The zero-order chi connectivity index (χ0) is 13.8. The van der Waals surface area contributed by atoms with Crippen LogP contribution in [0.2, 0.25) is 0 Å². The maximum absolute atomic E-state index is 10.9. The van der Waals surface area contributed by atoms with Gasteiger partial charge in [-0.2, -0.15) is 12.6 Å². The van der Waals surface area contributed by atoms with Crippen molar-refractivity contribution in [1.82, 2.24) is 5.32 Å². The molecule has 0 rings (SSSR count). The van der Waals surface area contributed by atoms with E-state index < -0.39 is 12.0 Å². The molecule has 0 fully saturated rings. The first-order valence-electron chi connectivity index (χ1n) is 7.23. The molecule has 0 aliphatic heterocycles. The third kappa shape index (κ3) is 9.77. The molecule has 0 amide bonds. The summed E-state index contributed by atoms with van der Waals surface area (Å²) in [6.45, 7) is 4.81. The monoisotopic (exact) mass is 275 g/mol. The molecule has 0 radical (unpaired) electrons. The van der Waals surface area contributed by atoms with Crippen LogP contribution < -0.4 is 5.32 Å². The Morgan fingerprint density at radius 1 is 1.11 bits per heavy atom. The molecule has 108 valence electrons. The van der Waals surface area contributed by atoms with Crippen molar-refractivity contribution in [2.24, 2.45) is 0 Å². The fraction of sp³-hybridized carbons (Fsp3) is 0.929. The lowest BCUT2D eigenvalue weighted by Gasteiger charge is -2.17. The number of rotatable bonds is 12. The molecule has 0 saturated carbocycles. The first kappa shape index (κ1) is 17.8. The molecule has 3 nitrogen and oxygen atoms in total. The van der Waals surface area contributed by atoms with Crippen molar-refractivity contribution in [3.05, 3.63) is 0 Å². The lowest BCUT2D eigenvalue weighted by atomic mass is 10.1. The Bertz CT molecular complexity index is 210. The third-order valence-corrected chi connectivity index (χ3v) is 3.44. The minimum Gasteiger partial charge on any atom is -0.480 e. The number of aliphatic carboxylic acids is 1. The predicted octanol–water partition coefficient (Wildman–Crippen LogP) is 3.49. The van der Waals surface area contributed by atoms with Gasteiger partial charge >= 0.3 is 5.97 Å². The number of nitrogens with one attached hydrogen (secondary N) is 1. The standard InChI is InChI=1S/C14H29NO2S/c1-3-4-5-6-7-8-9-10-11-15-13(12(2)18)14(16)17/h12-13,15,18H,3-11H2,1-2H3,(H,16,17). The first-order chi connectivity index (χ1) is 8.59. The van der Waals surface area contributed by atoms with Crippen molar-refractivity contribution in [2.75, 3.05) is 6.54 Å². The van der Waals surface area contributed by atoms with Crippen LogP contribution in [-0.4, -0.2) is 28.9 Å². The Kier molecular flexibility index (Phi) is 11.7.